The maximum atomic E-state index is 4.27. The van der Waals surface area contributed by atoms with Crippen LogP contribution in [0.15, 0.2) is 10.8 Å². The Balaban J connectivity index is 2.76. The van der Waals surface area contributed by atoms with Gasteiger partial charge in [0.25, 0.3) is 0 Å². The van der Waals surface area contributed by atoms with Crippen molar-refractivity contribution in [1.29, 1.82) is 0 Å². The van der Waals surface area contributed by atoms with Gasteiger partial charge in [-0.3, -0.25) is 0 Å². The molecule has 0 saturated carbocycles. The molecule has 1 radical (unpaired) electrons. The van der Waals surface area contributed by atoms with E-state index in [0.29, 0.717) is 6.42 Å². The molecular weight excluding hydrogens is 92.1 g/mol. The molecule has 0 saturated heterocycles. The molecule has 0 aromatic carbocycles. The van der Waals surface area contributed by atoms with Crippen molar-refractivity contribution < 1.29 is 4.63 Å². The van der Waals surface area contributed by atoms with Gasteiger partial charge in [0.1, 0.15) is 5.69 Å². The van der Waals surface area contributed by atoms with E-state index in [1.165, 1.54) is 0 Å². The minimum atomic E-state index is 0.642. The Morgan fingerprint density at radius 2 is 2.71 bits per heavy atom. The first kappa shape index (κ1) is 4.30. The molecule has 0 unspecified atom stereocenters. The summed E-state index contributed by atoms with van der Waals surface area (Å²) in [6, 6.07) is 0. The fourth-order valence-corrected chi connectivity index (χ4v) is 0.294. The number of nitrogens with zero attached hydrogens (tertiary/aromatic N) is 2. The number of aromatic nitrogens is 2. The fraction of sp³-hybridized carbons (Fsp3) is 0.250. The van der Waals surface area contributed by atoms with E-state index >= 15 is 0 Å². The molecule has 0 bridgehead atoms. The molecule has 0 atom stereocenters. The van der Waals surface area contributed by atoms with Gasteiger partial charge in [0.05, 0.1) is 6.20 Å². The molecule has 1 aromatic heterocycles. The van der Waals surface area contributed by atoms with Crippen molar-refractivity contribution in [1.82, 2.24) is 10.3 Å². The molecule has 0 amide bonds. The highest BCUT2D eigenvalue weighted by atomic mass is 16.6. The van der Waals surface area contributed by atoms with E-state index in [1.807, 2.05) is 0 Å². The van der Waals surface area contributed by atoms with Crippen LogP contribution in [0.2, 0.25) is 0 Å². The van der Waals surface area contributed by atoms with Gasteiger partial charge in [-0.15, -0.1) is 0 Å². The van der Waals surface area contributed by atoms with Gasteiger partial charge in [0, 0.05) is 0 Å². The van der Waals surface area contributed by atoms with Crippen molar-refractivity contribution in [3.8, 4) is 0 Å². The molecule has 3 nitrogen and oxygen atoms in total. The number of hydrogen-bond donors (Lipinski definition) is 0. The van der Waals surface area contributed by atoms with Crippen molar-refractivity contribution in [3.05, 3.63) is 18.8 Å². The molecule has 0 fully saturated rings. The molecule has 1 heterocycles. The van der Waals surface area contributed by atoms with Crippen LogP contribution in [0.3, 0.4) is 0 Å². The summed E-state index contributed by atoms with van der Waals surface area (Å²) in [6.07, 6.45) is 2.19. The average Bonchev–Trinajstić information content (AvgIpc) is 2.14. The van der Waals surface area contributed by atoms with E-state index in [4.69, 9.17) is 0 Å². The largest absolute Gasteiger partial charge is 0.244 e. The Kier molecular flexibility index (Phi) is 1.06. The minimum Gasteiger partial charge on any atom is -0.244 e. The molecular formula is C4H5N2O. The third-order valence-corrected chi connectivity index (χ3v) is 0.663. The lowest BCUT2D eigenvalue weighted by atomic mass is 10.4. The van der Waals surface area contributed by atoms with Crippen LogP contribution in [-0.4, -0.2) is 10.3 Å². The first-order valence-corrected chi connectivity index (χ1v) is 1.99. The molecule has 0 aliphatic heterocycles. The fourth-order valence-electron chi connectivity index (χ4n) is 0.294. The Morgan fingerprint density at radius 1 is 1.86 bits per heavy atom. The zero-order valence-corrected chi connectivity index (χ0v) is 3.79. The van der Waals surface area contributed by atoms with Gasteiger partial charge in [-0.05, 0) is 13.3 Å². The smallest absolute Gasteiger partial charge is 0.105 e. The zero-order valence-electron chi connectivity index (χ0n) is 3.79. The van der Waals surface area contributed by atoms with Crippen molar-refractivity contribution in [2.75, 3.05) is 0 Å². The number of rotatable bonds is 1. The molecule has 7 heavy (non-hydrogen) atoms. The normalized spacial score (nSPS) is 9.29. The van der Waals surface area contributed by atoms with E-state index in [1.54, 1.807) is 6.20 Å². The molecule has 0 N–H and O–H groups in total. The van der Waals surface area contributed by atoms with Gasteiger partial charge in [-0.1, -0.05) is 10.3 Å². The average molecular weight is 97.1 g/mol. The van der Waals surface area contributed by atoms with Crippen molar-refractivity contribution >= 4 is 0 Å². The van der Waals surface area contributed by atoms with Crippen LogP contribution < -0.4 is 0 Å². The summed E-state index contributed by atoms with van der Waals surface area (Å²) in [5, 5.41) is 6.85. The monoisotopic (exact) mass is 97.0 g/mol. The Bertz CT molecular complexity index is 124. The van der Waals surface area contributed by atoms with E-state index < -0.39 is 0 Å². The second-order valence-corrected chi connectivity index (χ2v) is 1.15. The number of hydrogen-bond acceptors (Lipinski definition) is 3. The molecule has 0 aliphatic rings. The predicted molar refractivity (Wildman–Crippen MR) is 23.4 cm³/mol. The van der Waals surface area contributed by atoms with E-state index in [2.05, 4.69) is 21.9 Å². The second kappa shape index (κ2) is 1.73. The topological polar surface area (TPSA) is 38.9 Å². The van der Waals surface area contributed by atoms with Crippen molar-refractivity contribution in [3.63, 3.8) is 0 Å². The summed E-state index contributed by atoms with van der Waals surface area (Å²) in [7, 11) is 0. The maximum absolute atomic E-state index is 4.27. The molecule has 1 aromatic rings. The minimum absolute atomic E-state index is 0.642. The highest BCUT2D eigenvalue weighted by molar-refractivity contribution is 4.89. The Morgan fingerprint density at radius 3 is 3.00 bits per heavy atom. The highest BCUT2D eigenvalue weighted by Crippen LogP contribution is 1.87. The summed E-state index contributed by atoms with van der Waals surface area (Å²) in [5.74, 6) is 0. The van der Waals surface area contributed by atoms with Crippen LogP contribution in [0.1, 0.15) is 5.69 Å². The van der Waals surface area contributed by atoms with E-state index in [-0.39, 0.29) is 0 Å². The third-order valence-electron chi connectivity index (χ3n) is 0.663. The predicted octanol–water partition coefficient (Wildman–Crippen LogP) is 0.446. The molecule has 37 valence electrons. The SMILES string of the molecule is [CH2]Cc1cnon1. The van der Waals surface area contributed by atoms with Gasteiger partial charge in [0.15, 0.2) is 0 Å². The van der Waals surface area contributed by atoms with Crippen LogP contribution in [0, 0.1) is 6.92 Å². The van der Waals surface area contributed by atoms with E-state index in [0.717, 1.165) is 5.69 Å². The van der Waals surface area contributed by atoms with Gasteiger partial charge in [-0.2, -0.15) is 0 Å². The lowest BCUT2D eigenvalue weighted by molar-refractivity contribution is 0.304. The molecule has 0 aliphatic carbocycles. The molecule has 0 spiro atoms. The van der Waals surface area contributed by atoms with Crippen LogP contribution in [-0.2, 0) is 6.42 Å². The Labute approximate surface area is 41.3 Å². The highest BCUT2D eigenvalue weighted by Gasteiger charge is 1.88. The summed E-state index contributed by atoms with van der Waals surface area (Å²) >= 11 is 0. The quantitative estimate of drug-likeness (QED) is 0.510. The lowest BCUT2D eigenvalue weighted by Gasteiger charge is -1.72. The van der Waals surface area contributed by atoms with Crippen molar-refractivity contribution in [2.45, 2.75) is 6.42 Å². The maximum Gasteiger partial charge on any atom is 0.105 e. The lowest BCUT2D eigenvalue weighted by Crippen LogP contribution is -1.74. The van der Waals surface area contributed by atoms with Gasteiger partial charge in [0.2, 0.25) is 0 Å². The van der Waals surface area contributed by atoms with Crippen molar-refractivity contribution in [2.24, 2.45) is 0 Å². The first-order valence-electron chi connectivity index (χ1n) is 1.99. The summed E-state index contributed by atoms with van der Waals surface area (Å²) in [5.41, 5.74) is 0.792. The van der Waals surface area contributed by atoms with Crippen LogP contribution in [0.5, 0.6) is 0 Å². The van der Waals surface area contributed by atoms with Crippen LogP contribution >= 0.6 is 0 Å². The molecule has 3 heteroatoms. The van der Waals surface area contributed by atoms with Gasteiger partial charge >= 0.3 is 0 Å². The summed E-state index contributed by atoms with van der Waals surface area (Å²) in [6.45, 7) is 3.57. The van der Waals surface area contributed by atoms with Gasteiger partial charge < -0.3 is 0 Å². The standard InChI is InChI=1S/C4H5N2O/c1-2-4-3-5-7-6-4/h3H,1-2H2. The first-order chi connectivity index (χ1) is 3.43. The Hall–Kier alpha value is -0.860. The van der Waals surface area contributed by atoms with Crippen LogP contribution in [0.4, 0.5) is 0 Å². The van der Waals surface area contributed by atoms with Gasteiger partial charge in [-0.25, -0.2) is 4.63 Å². The zero-order chi connectivity index (χ0) is 5.11. The summed E-state index contributed by atoms with van der Waals surface area (Å²) < 4.78 is 4.27. The van der Waals surface area contributed by atoms with Crippen LogP contribution in [0.25, 0.3) is 0 Å². The summed E-state index contributed by atoms with van der Waals surface area (Å²) in [4.78, 5) is 0. The molecule has 1 rings (SSSR count). The third kappa shape index (κ3) is 0.765. The second-order valence-electron chi connectivity index (χ2n) is 1.15. The van der Waals surface area contributed by atoms with E-state index in [9.17, 15) is 0 Å².